The molecule has 35 heavy (non-hydrogen) atoms. The second-order valence-corrected chi connectivity index (χ2v) is 11.6. The number of nitrogens with zero attached hydrogens (tertiary/aromatic N) is 2. The Balaban J connectivity index is 1.52. The fourth-order valence-corrected chi connectivity index (χ4v) is 5.26. The second kappa shape index (κ2) is 10.5. The first kappa shape index (κ1) is 25.4. The van der Waals surface area contributed by atoms with Gasteiger partial charge in [0.25, 0.3) is 0 Å². The van der Waals surface area contributed by atoms with Crippen LogP contribution in [-0.4, -0.2) is 43.5 Å². The van der Waals surface area contributed by atoms with Crippen LogP contribution in [0.5, 0.6) is 5.75 Å². The Morgan fingerprint density at radius 2 is 1.80 bits per heavy atom. The van der Waals surface area contributed by atoms with Gasteiger partial charge in [0.1, 0.15) is 5.75 Å². The molecule has 4 rings (SSSR count). The van der Waals surface area contributed by atoms with Crippen LogP contribution in [0.2, 0.25) is 0 Å². The zero-order chi connectivity index (χ0) is 25.2. The number of primary sulfonamides is 1. The van der Waals surface area contributed by atoms with Gasteiger partial charge < -0.3 is 10.1 Å². The second-order valence-electron chi connectivity index (χ2n) is 9.18. The summed E-state index contributed by atoms with van der Waals surface area (Å²) in [6, 6.07) is 13.6. The van der Waals surface area contributed by atoms with Crippen molar-refractivity contribution in [2.45, 2.75) is 51.2 Å². The summed E-state index contributed by atoms with van der Waals surface area (Å²) in [5, 5.41) is 11.1. The van der Waals surface area contributed by atoms with E-state index in [2.05, 4.69) is 54.4 Å². The lowest BCUT2D eigenvalue weighted by molar-refractivity contribution is 0.243. The lowest BCUT2D eigenvalue weighted by atomic mass is 9.97. The molecule has 9 heteroatoms. The summed E-state index contributed by atoms with van der Waals surface area (Å²) in [6.07, 6.45) is 3.31. The van der Waals surface area contributed by atoms with Crippen LogP contribution in [-0.2, 0) is 10.0 Å². The monoisotopic (exact) mass is 512 g/mol. The Labute approximate surface area is 211 Å². The van der Waals surface area contributed by atoms with E-state index in [1.165, 1.54) is 34.6 Å². The molecule has 0 saturated carbocycles. The van der Waals surface area contributed by atoms with Crippen LogP contribution in [0.4, 0.5) is 10.8 Å². The summed E-state index contributed by atoms with van der Waals surface area (Å²) in [5.74, 6) is 0.533. The zero-order valence-electron chi connectivity index (χ0n) is 20.5. The fourth-order valence-electron chi connectivity index (χ4n) is 3.99. The third-order valence-electron chi connectivity index (χ3n) is 5.91. The van der Waals surface area contributed by atoms with Gasteiger partial charge in [0.2, 0.25) is 10.0 Å². The first-order valence-electron chi connectivity index (χ1n) is 11.7. The molecule has 0 bridgehead atoms. The number of nitrogens with two attached hydrogens (primary N) is 1. The highest BCUT2D eigenvalue weighted by molar-refractivity contribution is 7.89. The number of benzene rings is 2. The summed E-state index contributed by atoms with van der Waals surface area (Å²) >= 11 is 1.44. The highest BCUT2D eigenvalue weighted by Crippen LogP contribution is 2.34. The maximum Gasteiger partial charge on any atom is 0.238 e. The largest absolute Gasteiger partial charge is 0.489 e. The molecule has 1 aromatic heterocycles. The molecular formula is C26H32N4O3S2. The van der Waals surface area contributed by atoms with Crippen molar-refractivity contribution in [2.75, 3.05) is 18.4 Å². The molecule has 0 fully saturated rings. The van der Waals surface area contributed by atoms with Gasteiger partial charge >= 0.3 is 0 Å². The van der Waals surface area contributed by atoms with Gasteiger partial charge in [-0.2, -0.15) is 0 Å². The summed E-state index contributed by atoms with van der Waals surface area (Å²) in [4.78, 5) is 7.19. The van der Waals surface area contributed by atoms with E-state index in [-0.39, 0.29) is 11.0 Å². The smallest absolute Gasteiger partial charge is 0.238 e. The maximum absolute atomic E-state index is 11.8. The molecule has 2 aromatic carbocycles. The van der Waals surface area contributed by atoms with Crippen LogP contribution in [0.25, 0.3) is 16.8 Å². The maximum atomic E-state index is 11.8. The summed E-state index contributed by atoms with van der Waals surface area (Å²) in [5.41, 5.74) is 5.01. The average Bonchev–Trinajstić information content (AvgIpc) is 3.28. The van der Waals surface area contributed by atoms with Gasteiger partial charge in [-0.1, -0.05) is 30.3 Å². The number of hydrogen-bond acceptors (Lipinski definition) is 7. The van der Waals surface area contributed by atoms with Gasteiger partial charge in [0.15, 0.2) is 5.13 Å². The van der Waals surface area contributed by atoms with Crippen molar-refractivity contribution in [3.63, 3.8) is 0 Å². The van der Waals surface area contributed by atoms with Crippen molar-refractivity contribution in [1.82, 2.24) is 9.88 Å². The van der Waals surface area contributed by atoms with E-state index < -0.39 is 10.0 Å². The number of hydrogen-bond donors (Lipinski definition) is 2. The van der Waals surface area contributed by atoms with E-state index in [9.17, 15) is 8.42 Å². The third-order valence-corrected chi connectivity index (χ3v) is 7.58. The van der Waals surface area contributed by atoms with Gasteiger partial charge in [-0.3, -0.25) is 4.90 Å². The Morgan fingerprint density at radius 3 is 2.40 bits per heavy atom. The van der Waals surface area contributed by atoms with Crippen LogP contribution in [0.1, 0.15) is 39.7 Å². The van der Waals surface area contributed by atoms with Gasteiger partial charge in [-0.25, -0.2) is 18.5 Å². The van der Waals surface area contributed by atoms with E-state index in [0.717, 1.165) is 30.8 Å². The van der Waals surface area contributed by atoms with Gasteiger partial charge in [-0.15, -0.1) is 11.3 Å². The van der Waals surface area contributed by atoms with Crippen molar-refractivity contribution in [3.05, 3.63) is 59.5 Å². The quantitative estimate of drug-likeness (QED) is 0.414. The highest BCUT2D eigenvalue weighted by Gasteiger charge is 2.17. The molecule has 0 unspecified atom stereocenters. The van der Waals surface area contributed by atoms with Gasteiger partial charge in [0, 0.05) is 30.1 Å². The molecule has 7 nitrogen and oxygen atoms in total. The van der Waals surface area contributed by atoms with E-state index in [1.807, 2.05) is 19.2 Å². The lowest BCUT2D eigenvalue weighted by Gasteiger charge is -2.29. The molecule has 0 aliphatic carbocycles. The average molecular weight is 513 g/mol. The molecule has 2 heterocycles. The SMILES string of the molecule is CC(C)Oc1ccc(S(N)(=O)=O)cc1Nc1nc(-c2ccc(C3=CCN(C(C)C)CC3)cc2)cs1. The molecule has 186 valence electrons. The standard InChI is InChI=1S/C26H32N4O3S2/c1-17(2)30-13-11-20(12-14-30)19-5-7-21(8-6-19)24-16-34-26(29-24)28-23-15-22(35(27,31)32)9-10-25(23)33-18(3)4/h5-11,15-18H,12-14H2,1-4H3,(H,28,29)(H2,27,31,32). The highest BCUT2D eigenvalue weighted by atomic mass is 32.2. The van der Waals surface area contributed by atoms with Crippen LogP contribution in [0, 0.1) is 0 Å². The topological polar surface area (TPSA) is 97.5 Å². The first-order chi connectivity index (χ1) is 16.6. The third kappa shape index (κ3) is 6.29. The van der Waals surface area contributed by atoms with Gasteiger partial charge in [0.05, 0.1) is 22.4 Å². The Kier molecular flexibility index (Phi) is 7.61. The first-order valence-corrected chi connectivity index (χ1v) is 14.1. The van der Waals surface area contributed by atoms with Crippen LogP contribution in [0.3, 0.4) is 0 Å². The van der Waals surface area contributed by atoms with Gasteiger partial charge in [-0.05, 0) is 63.5 Å². The van der Waals surface area contributed by atoms with Crippen LogP contribution in [0.15, 0.2) is 58.8 Å². The molecule has 3 N–H and O–H groups in total. The van der Waals surface area contributed by atoms with E-state index >= 15 is 0 Å². The number of anilines is 2. The minimum atomic E-state index is -3.84. The molecule has 0 saturated heterocycles. The van der Waals surface area contributed by atoms with E-state index in [4.69, 9.17) is 14.9 Å². The summed E-state index contributed by atoms with van der Waals surface area (Å²) in [7, 11) is -3.84. The molecule has 3 aromatic rings. The molecule has 1 aliphatic heterocycles. The fraction of sp³-hybridized carbons (Fsp3) is 0.346. The molecular weight excluding hydrogens is 480 g/mol. The molecule has 0 atom stereocenters. The van der Waals surface area contributed by atoms with E-state index in [1.54, 1.807) is 6.07 Å². The lowest BCUT2D eigenvalue weighted by Crippen LogP contribution is -2.34. The van der Waals surface area contributed by atoms with Crippen LogP contribution < -0.4 is 15.2 Å². The van der Waals surface area contributed by atoms with Crippen LogP contribution >= 0.6 is 11.3 Å². The Hall–Kier alpha value is -2.72. The Bertz CT molecular complexity index is 1310. The molecule has 0 radical (unpaired) electrons. The van der Waals surface area contributed by atoms with Crippen molar-refractivity contribution in [2.24, 2.45) is 5.14 Å². The number of rotatable bonds is 8. The predicted molar refractivity (Wildman–Crippen MR) is 144 cm³/mol. The minimum Gasteiger partial charge on any atom is -0.489 e. The summed E-state index contributed by atoms with van der Waals surface area (Å²) < 4.78 is 29.5. The number of ether oxygens (including phenoxy) is 1. The number of aromatic nitrogens is 1. The Morgan fingerprint density at radius 1 is 1.09 bits per heavy atom. The summed E-state index contributed by atoms with van der Waals surface area (Å²) in [6.45, 7) is 10.4. The minimum absolute atomic E-state index is 0.0111. The number of sulfonamides is 1. The van der Waals surface area contributed by atoms with Crippen molar-refractivity contribution >= 4 is 37.8 Å². The zero-order valence-corrected chi connectivity index (χ0v) is 22.1. The normalized spacial score (nSPS) is 14.9. The van der Waals surface area contributed by atoms with Crippen molar-refractivity contribution in [1.29, 1.82) is 0 Å². The van der Waals surface area contributed by atoms with Crippen molar-refractivity contribution < 1.29 is 13.2 Å². The number of nitrogens with one attached hydrogen (secondary N) is 1. The van der Waals surface area contributed by atoms with Crippen molar-refractivity contribution in [3.8, 4) is 17.0 Å². The number of thiazole rings is 1. The molecule has 0 amide bonds. The van der Waals surface area contributed by atoms with E-state index in [0.29, 0.717) is 22.6 Å². The molecule has 1 aliphatic rings. The predicted octanol–water partition coefficient (Wildman–Crippen LogP) is 5.49. The molecule has 0 spiro atoms.